The normalized spacial score (nSPS) is 10.9. The summed E-state index contributed by atoms with van der Waals surface area (Å²) in [6, 6.07) is 8.44. The van der Waals surface area contributed by atoms with Crippen LogP contribution in [0.25, 0.3) is 11.3 Å². The Morgan fingerprint density at radius 3 is 2.69 bits per heavy atom. The third-order valence-electron chi connectivity index (χ3n) is 4.27. The van der Waals surface area contributed by atoms with Crippen molar-refractivity contribution in [2.24, 2.45) is 0 Å². The first-order valence-electron chi connectivity index (χ1n) is 9.06. The largest absolute Gasteiger partial charge is 0.395 e. The van der Waals surface area contributed by atoms with E-state index >= 15 is 0 Å². The van der Waals surface area contributed by atoms with Gasteiger partial charge in [0, 0.05) is 42.0 Å². The van der Waals surface area contributed by atoms with Crippen LogP contribution in [0.5, 0.6) is 0 Å². The van der Waals surface area contributed by atoms with E-state index in [4.69, 9.17) is 21.2 Å². The molecule has 152 valence electrons. The van der Waals surface area contributed by atoms with Crippen molar-refractivity contribution in [3.8, 4) is 11.3 Å². The zero-order valence-corrected chi connectivity index (χ0v) is 16.5. The van der Waals surface area contributed by atoms with Crippen LogP contribution in [-0.4, -0.2) is 53.2 Å². The van der Waals surface area contributed by atoms with Crippen LogP contribution in [0.1, 0.15) is 32.2 Å². The van der Waals surface area contributed by atoms with Crippen molar-refractivity contribution in [3.63, 3.8) is 0 Å². The van der Waals surface area contributed by atoms with E-state index in [-0.39, 0.29) is 24.0 Å². The standard InChI is InChI=1S/C20H21ClN4O4/c1-12-17(18(25-29-12)13-2-4-15(21)5-3-13)19(27)14-10-16(24-11-14)20(28)23-7-6-22-8-9-26/h2-5,10-11,22,24,26H,6-9H2,1H3,(H,23,28). The molecule has 3 aromatic rings. The van der Waals surface area contributed by atoms with Crippen LogP contribution in [0.3, 0.4) is 0 Å². The number of ketones is 1. The third-order valence-corrected chi connectivity index (χ3v) is 4.53. The fraction of sp³-hybridized carbons (Fsp3) is 0.250. The van der Waals surface area contributed by atoms with Gasteiger partial charge in [0.1, 0.15) is 17.1 Å². The molecule has 0 aliphatic rings. The highest BCUT2D eigenvalue weighted by molar-refractivity contribution is 6.30. The van der Waals surface area contributed by atoms with E-state index in [0.717, 1.165) is 0 Å². The van der Waals surface area contributed by atoms with Gasteiger partial charge in [-0.05, 0) is 25.1 Å². The molecule has 0 radical (unpaired) electrons. The predicted octanol–water partition coefficient (Wildman–Crippen LogP) is 2.17. The van der Waals surface area contributed by atoms with Gasteiger partial charge in [-0.25, -0.2) is 0 Å². The number of nitrogens with zero attached hydrogens (tertiary/aromatic N) is 1. The molecule has 0 atom stereocenters. The van der Waals surface area contributed by atoms with E-state index in [1.54, 1.807) is 31.2 Å². The quantitative estimate of drug-likeness (QED) is 0.313. The molecule has 2 aromatic heterocycles. The second kappa shape index (κ2) is 9.51. The topological polar surface area (TPSA) is 120 Å². The number of aliphatic hydroxyl groups is 1. The maximum Gasteiger partial charge on any atom is 0.267 e. The van der Waals surface area contributed by atoms with Gasteiger partial charge in [-0.15, -0.1) is 0 Å². The molecule has 0 aliphatic carbocycles. The molecule has 0 fully saturated rings. The number of carbonyl (C=O) groups is 2. The Bertz CT molecular complexity index is 994. The average Bonchev–Trinajstić information content (AvgIpc) is 3.35. The first-order chi connectivity index (χ1) is 14.0. The molecule has 0 bridgehead atoms. The van der Waals surface area contributed by atoms with Crippen molar-refractivity contribution in [1.29, 1.82) is 0 Å². The Hall–Kier alpha value is -2.94. The van der Waals surface area contributed by atoms with Crippen LogP contribution >= 0.6 is 11.6 Å². The zero-order valence-electron chi connectivity index (χ0n) is 15.8. The molecule has 2 heterocycles. The van der Waals surface area contributed by atoms with Gasteiger partial charge >= 0.3 is 0 Å². The number of aliphatic hydroxyl groups excluding tert-OH is 1. The second-order valence-electron chi connectivity index (χ2n) is 6.33. The van der Waals surface area contributed by atoms with Gasteiger partial charge in [0.15, 0.2) is 5.78 Å². The first kappa shape index (κ1) is 20.8. The lowest BCUT2D eigenvalue weighted by Crippen LogP contribution is -2.33. The van der Waals surface area contributed by atoms with Crippen LogP contribution in [0, 0.1) is 6.92 Å². The van der Waals surface area contributed by atoms with Crippen molar-refractivity contribution in [2.75, 3.05) is 26.2 Å². The number of H-pyrrole nitrogens is 1. The van der Waals surface area contributed by atoms with Gasteiger partial charge in [-0.2, -0.15) is 0 Å². The number of hydrogen-bond acceptors (Lipinski definition) is 6. The van der Waals surface area contributed by atoms with Gasteiger partial charge in [0.05, 0.1) is 12.2 Å². The lowest BCUT2D eigenvalue weighted by atomic mass is 9.99. The summed E-state index contributed by atoms with van der Waals surface area (Å²) >= 11 is 5.93. The van der Waals surface area contributed by atoms with Gasteiger partial charge < -0.3 is 25.2 Å². The number of aromatic nitrogens is 2. The van der Waals surface area contributed by atoms with E-state index < -0.39 is 0 Å². The smallest absolute Gasteiger partial charge is 0.267 e. The van der Waals surface area contributed by atoms with Gasteiger partial charge in [0.2, 0.25) is 0 Å². The molecule has 9 heteroatoms. The van der Waals surface area contributed by atoms with Crippen LogP contribution in [0.4, 0.5) is 0 Å². The highest BCUT2D eigenvalue weighted by Crippen LogP contribution is 2.28. The number of rotatable bonds is 9. The van der Waals surface area contributed by atoms with Crippen molar-refractivity contribution in [1.82, 2.24) is 20.8 Å². The Morgan fingerprint density at radius 2 is 1.97 bits per heavy atom. The maximum absolute atomic E-state index is 13.0. The molecular formula is C20H21ClN4O4. The molecule has 0 saturated heterocycles. The van der Waals surface area contributed by atoms with E-state index in [1.165, 1.54) is 12.3 Å². The van der Waals surface area contributed by atoms with Crippen molar-refractivity contribution in [3.05, 3.63) is 64.1 Å². The molecule has 0 unspecified atom stereocenters. The molecule has 3 rings (SSSR count). The monoisotopic (exact) mass is 416 g/mol. The van der Waals surface area contributed by atoms with E-state index in [1.807, 2.05) is 0 Å². The summed E-state index contributed by atoms with van der Waals surface area (Å²) < 4.78 is 5.24. The minimum absolute atomic E-state index is 0.0380. The summed E-state index contributed by atoms with van der Waals surface area (Å²) in [6.45, 7) is 3.09. The fourth-order valence-electron chi connectivity index (χ4n) is 2.81. The maximum atomic E-state index is 13.0. The average molecular weight is 417 g/mol. The number of benzene rings is 1. The Balaban J connectivity index is 1.74. The Kier molecular flexibility index (Phi) is 6.82. The minimum Gasteiger partial charge on any atom is -0.395 e. The molecular weight excluding hydrogens is 396 g/mol. The first-order valence-corrected chi connectivity index (χ1v) is 9.44. The van der Waals surface area contributed by atoms with Crippen molar-refractivity contribution in [2.45, 2.75) is 6.92 Å². The number of aryl methyl sites for hydroxylation is 1. The molecule has 0 spiro atoms. The highest BCUT2D eigenvalue weighted by atomic mass is 35.5. The summed E-state index contributed by atoms with van der Waals surface area (Å²) in [7, 11) is 0. The summed E-state index contributed by atoms with van der Waals surface area (Å²) in [4.78, 5) is 28.1. The van der Waals surface area contributed by atoms with Gasteiger partial charge in [0.25, 0.3) is 5.91 Å². The van der Waals surface area contributed by atoms with Crippen molar-refractivity contribution < 1.29 is 19.2 Å². The number of amides is 1. The van der Waals surface area contributed by atoms with Gasteiger partial charge in [-0.1, -0.05) is 28.9 Å². The predicted molar refractivity (Wildman–Crippen MR) is 108 cm³/mol. The number of carbonyl (C=O) groups excluding carboxylic acids is 2. The lowest BCUT2D eigenvalue weighted by molar-refractivity contribution is 0.0949. The van der Waals surface area contributed by atoms with Crippen LogP contribution in [-0.2, 0) is 0 Å². The van der Waals surface area contributed by atoms with Crippen LogP contribution < -0.4 is 10.6 Å². The fourth-order valence-corrected chi connectivity index (χ4v) is 2.93. The van der Waals surface area contributed by atoms with Gasteiger partial charge in [-0.3, -0.25) is 9.59 Å². The molecule has 29 heavy (non-hydrogen) atoms. The Labute approximate surface area is 172 Å². The molecule has 0 aliphatic heterocycles. The van der Waals surface area contributed by atoms with E-state index in [2.05, 4.69) is 20.8 Å². The van der Waals surface area contributed by atoms with E-state index in [0.29, 0.717) is 52.8 Å². The molecule has 1 amide bonds. The summed E-state index contributed by atoms with van der Waals surface area (Å²) in [5.74, 6) is -0.231. The van der Waals surface area contributed by atoms with E-state index in [9.17, 15) is 9.59 Å². The van der Waals surface area contributed by atoms with Crippen molar-refractivity contribution >= 4 is 23.3 Å². The molecule has 8 nitrogen and oxygen atoms in total. The van der Waals surface area contributed by atoms with Crippen LogP contribution in [0.2, 0.25) is 5.02 Å². The SMILES string of the molecule is Cc1onc(-c2ccc(Cl)cc2)c1C(=O)c1c[nH]c(C(=O)NCCNCCO)c1. The summed E-state index contributed by atoms with van der Waals surface area (Å²) in [5.41, 5.74) is 2.07. The number of nitrogens with one attached hydrogen (secondary N) is 3. The third kappa shape index (κ3) is 4.92. The minimum atomic E-state index is -0.324. The zero-order chi connectivity index (χ0) is 20.8. The Morgan fingerprint density at radius 1 is 1.21 bits per heavy atom. The molecule has 1 aromatic carbocycles. The summed E-state index contributed by atoms with van der Waals surface area (Å²) in [6.07, 6.45) is 1.49. The second-order valence-corrected chi connectivity index (χ2v) is 6.77. The number of halogens is 1. The molecule has 4 N–H and O–H groups in total. The summed E-state index contributed by atoms with van der Waals surface area (Å²) in [5, 5.41) is 19.0. The number of aromatic amines is 1. The number of hydrogen-bond donors (Lipinski definition) is 4. The molecule has 0 saturated carbocycles. The lowest BCUT2D eigenvalue weighted by Gasteiger charge is -2.04. The van der Waals surface area contributed by atoms with Crippen LogP contribution in [0.15, 0.2) is 41.1 Å². The highest BCUT2D eigenvalue weighted by Gasteiger charge is 2.24.